The molecule has 0 spiro atoms. The first kappa shape index (κ1) is 42.0. The summed E-state index contributed by atoms with van der Waals surface area (Å²) in [6, 6.07) is 0. The Morgan fingerprint density at radius 3 is 1.42 bits per heavy atom. The van der Waals surface area contributed by atoms with E-state index in [-0.39, 0.29) is 38.6 Å². The molecule has 10 heteroatoms. The summed E-state index contributed by atoms with van der Waals surface area (Å²) in [4.78, 5) is 34.5. The first-order valence-corrected chi connectivity index (χ1v) is 19.0. The molecular weight excluding hydrogens is 569 g/mol. The van der Waals surface area contributed by atoms with Crippen molar-refractivity contribution in [1.29, 1.82) is 0 Å². The number of phosphoric ester groups is 1. The molecule has 43 heavy (non-hydrogen) atoms. The maximum absolute atomic E-state index is 12.5. The van der Waals surface area contributed by atoms with E-state index in [0.717, 1.165) is 32.1 Å². The molecule has 0 saturated heterocycles. The Hall–Kier alpha value is -0.990. The Morgan fingerprint density at radius 1 is 0.605 bits per heavy atom. The highest BCUT2D eigenvalue weighted by molar-refractivity contribution is 7.47. The number of rotatable bonds is 33. The van der Waals surface area contributed by atoms with Gasteiger partial charge in [-0.2, -0.15) is 0 Å². The molecule has 0 aliphatic carbocycles. The van der Waals surface area contributed by atoms with Gasteiger partial charge in [0.2, 0.25) is 0 Å². The van der Waals surface area contributed by atoms with Crippen LogP contribution >= 0.6 is 7.82 Å². The summed E-state index contributed by atoms with van der Waals surface area (Å²) >= 11 is 0. The van der Waals surface area contributed by atoms with E-state index in [4.69, 9.17) is 24.3 Å². The molecular formula is C33H66NO8P. The summed E-state index contributed by atoms with van der Waals surface area (Å²) in [5.41, 5.74) is 5.31. The zero-order valence-electron chi connectivity index (χ0n) is 27.7. The van der Waals surface area contributed by atoms with Crippen molar-refractivity contribution >= 4 is 19.8 Å². The molecule has 0 aromatic carbocycles. The minimum absolute atomic E-state index is 0.0575. The van der Waals surface area contributed by atoms with Crippen LogP contribution in [-0.2, 0) is 32.7 Å². The van der Waals surface area contributed by atoms with Crippen molar-refractivity contribution < 1.29 is 37.6 Å². The topological polar surface area (TPSA) is 134 Å². The lowest BCUT2D eigenvalue weighted by Crippen LogP contribution is -2.29. The van der Waals surface area contributed by atoms with Gasteiger partial charge in [-0.05, 0) is 12.8 Å². The second kappa shape index (κ2) is 31.0. The smallest absolute Gasteiger partial charge is 0.462 e. The van der Waals surface area contributed by atoms with E-state index >= 15 is 0 Å². The van der Waals surface area contributed by atoms with Crippen LogP contribution in [0.5, 0.6) is 0 Å². The van der Waals surface area contributed by atoms with Crippen molar-refractivity contribution in [3.05, 3.63) is 0 Å². The zero-order valence-corrected chi connectivity index (χ0v) is 28.6. The monoisotopic (exact) mass is 635 g/mol. The minimum atomic E-state index is -4.35. The van der Waals surface area contributed by atoms with Crippen LogP contribution in [0.3, 0.4) is 0 Å². The average molecular weight is 636 g/mol. The number of carbonyl (C=O) groups is 2. The normalized spacial score (nSPS) is 13.5. The molecule has 9 nitrogen and oxygen atoms in total. The van der Waals surface area contributed by atoms with Crippen LogP contribution in [-0.4, -0.2) is 49.3 Å². The molecule has 3 N–H and O–H groups in total. The number of nitrogens with two attached hydrogens (primary N) is 1. The second-order valence-corrected chi connectivity index (χ2v) is 13.2. The first-order chi connectivity index (χ1) is 20.8. The van der Waals surface area contributed by atoms with Gasteiger partial charge in [0.05, 0.1) is 13.2 Å². The molecule has 2 unspecified atom stereocenters. The van der Waals surface area contributed by atoms with E-state index < -0.39 is 26.5 Å². The van der Waals surface area contributed by atoms with Gasteiger partial charge in [-0.3, -0.25) is 18.6 Å². The summed E-state index contributed by atoms with van der Waals surface area (Å²) in [5.74, 6) is -0.825. The van der Waals surface area contributed by atoms with Gasteiger partial charge in [-0.25, -0.2) is 4.57 Å². The molecule has 0 aliphatic heterocycles. The number of esters is 2. The van der Waals surface area contributed by atoms with Gasteiger partial charge in [0, 0.05) is 19.4 Å². The van der Waals surface area contributed by atoms with Crippen molar-refractivity contribution in [1.82, 2.24) is 0 Å². The van der Waals surface area contributed by atoms with Gasteiger partial charge in [0.1, 0.15) is 6.61 Å². The Labute approximate surface area is 263 Å². The number of ether oxygens (including phenoxy) is 2. The molecule has 256 valence electrons. The minimum Gasteiger partial charge on any atom is -0.462 e. The van der Waals surface area contributed by atoms with E-state index in [0.29, 0.717) is 6.42 Å². The Bertz CT molecular complexity index is 694. The number of unbranched alkanes of at least 4 members (excludes halogenated alkanes) is 20. The SMILES string of the molecule is CCCCCCCCCCCCCCCC(=O)OC(COC(=O)CCCCCCCCCCC)COP(=O)(O)OCCN. The average Bonchev–Trinajstić information content (AvgIpc) is 2.99. The van der Waals surface area contributed by atoms with Crippen LogP contribution < -0.4 is 5.73 Å². The number of phosphoric acid groups is 1. The van der Waals surface area contributed by atoms with Crippen LogP contribution in [0.1, 0.15) is 168 Å². The van der Waals surface area contributed by atoms with Crippen molar-refractivity contribution in [3.63, 3.8) is 0 Å². The van der Waals surface area contributed by atoms with Gasteiger partial charge >= 0.3 is 19.8 Å². The van der Waals surface area contributed by atoms with E-state index in [1.165, 1.54) is 103 Å². The Kier molecular flexibility index (Phi) is 30.3. The molecule has 0 bridgehead atoms. The fourth-order valence-electron chi connectivity index (χ4n) is 4.87. The fraction of sp³-hybridized carbons (Fsp3) is 0.939. The molecule has 2 atom stereocenters. The van der Waals surface area contributed by atoms with E-state index in [1.54, 1.807) is 0 Å². The molecule has 0 heterocycles. The summed E-state index contributed by atoms with van der Waals surface area (Å²) in [6.45, 7) is 3.70. The largest absolute Gasteiger partial charge is 0.472 e. The van der Waals surface area contributed by atoms with Crippen molar-refractivity contribution in [2.75, 3.05) is 26.4 Å². The predicted molar refractivity (Wildman–Crippen MR) is 174 cm³/mol. The van der Waals surface area contributed by atoms with Crippen LogP contribution in [0.2, 0.25) is 0 Å². The lowest BCUT2D eigenvalue weighted by Gasteiger charge is -2.19. The lowest BCUT2D eigenvalue weighted by atomic mass is 10.0. The van der Waals surface area contributed by atoms with E-state index in [9.17, 15) is 19.0 Å². The molecule has 0 fully saturated rings. The molecule has 0 aliphatic rings. The van der Waals surface area contributed by atoms with Crippen LogP contribution in [0.25, 0.3) is 0 Å². The van der Waals surface area contributed by atoms with Crippen LogP contribution in [0, 0.1) is 0 Å². The van der Waals surface area contributed by atoms with Gasteiger partial charge in [0.25, 0.3) is 0 Å². The number of carbonyl (C=O) groups excluding carboxylic acids is 2. The summed E-state index contributed by atoms with van der Waals surface area (Å²) in [5, 5.41) is 0. The lowest BCUT2D eigenvalue weighted by molar-refractivity contribution is -0.161. The standard InChI is InChI=1S/C33H66NO8P/c1-3-5-7-9-11-13-14-15-16-18-20-22-24-26-33(36)42-31(30-41-43(37,38)40-28-27-34)29-39-32(35)25-23-21-19-17-12-10-8-6-4-2/h31H,3-30,34H2,1-2H3,(H,37,38). The number of hydrogen-bond donors (Lipinski definition) is 2. The highest BCUT2D eigenvalue weighted by Crippen LogP contribution is 2.43. The summed E-state index contributed by atoms with van der Waals surface area (Å²) in [7, 11) is -4.35. The van der Waals surface area contributed by atoms with Crippen molar-refractivity contribution in [3.8, 4) is 0 Å². The van der Waals surface area contributed by atoms with Crippen LogP contribution in [0.15, 0.2) is 0 Å². The molecule has 0 aromatic rings. The zero-order chi connectivity index (χ0) is 31.9. The number of hydrogen-bond acceptors (Lipinski definition) is 8. The van der Waals surface area contributed by atoms with E-state index in [1.807, 2.05) is 0 Å². The first-order valence-electron chi connectivity index (χ1n) is 17.5. The maximum Gasteiger partial charge on any atom is 0.472 e. The van der Waals surface area contributed by atoms with Crippen molar-refractivity contribution in [2.45, 2.75) is 174 Å². The third kappa shape index (κ3) is 30.8. The third-order valence-electron chi connectivity index (χ3n) is 7.49. The molecule has 0 aromatic heterocycles. The molecule has 0 rings (SSSR count). The Balaban J connectivity index is 4.24. The fourth-order valence-corrected chi connectivity index (χ4v) is 5.63. The van der Waals surface area contributed by atoms with Gasteiger partial charge in [-0.15, -0.1) is 0 Å². The van der Waals surface area contributed by atoms with Gasteiger partial charge in [-0.1, -0.05) is 142 Å². The Morgan fingerprint density at radius 2 is 1.00 bits per heavy atom. The van der Waals surface area contributed by atoms with Crippen LogP contribution in [0.4, 0.5) is 0 Å². The van der Waals surface area contributed by atoms with Gasteiger partial charge < -0.3 is 20.1 Å². The van der Waals surface area contributed by atoms with Crippen molar-refractivity contribution in [2.24, 2.45) is 5.73 Å². The molecule has 0 saturated carbocycles. The predicted octanol–water partition coefficient (Wildman–Crippen LogP) is 8.94. The highest BCUT2D eigenvalue weighted by Gasteiger charge is 2.25. The second-order valence-electron chi connectivity index (χ2n) is 11.8. The molecule has 0 radical (unpaired) electrons. The highest BCUT2D eigenvalue weighted by atomic mass is 31.2. The van der Waals surface area contributed by atoms with E-state index in [2.05, 4.69) is 13.8 Å². The molecule has 0 amide bonds. The third-order valence-corrected chi connectivity index (χ3v) is 8.48. The summed E-state index contributed by atoms with van der Waals surface area (Å²) in [6.07, 6.45) is 25.6. The maximum atomic E-state index is 12.5. The van der Waals surface area contributed by atoms with Gasteiger partial charge in [0.15, 0.2) is 6.10 Å². The quantitative estimate of drug-likeness (QED) is 0.0411. The summed E-state index contributed by atoms with van der Waals surface area (Å²) < 4.78 is 32.5.